The van der Waals surface area contributed by atoms with Crippen LogP contribution < -0.4 is 5.32 Å². The monoisotopic (exact) mass is 468 g/mol. The van der Waals surface area contributed by atoms with Gasteiger partial charge in [0.05, 0.1) is 23.9 Å². The average molecular weight is 469 g/mol. The lowest BCUT2D eigenvalue weighted by Gasteiger charge is -2.32. The van der Waals surface area contributed by atoms with Gasteiger partial charge in [0.15, 0.2) is 0 Å². The van der Waals surface area contributed by atoms with Gasteiger partial charge in [0, 0.05) is 46.9 Å². The summed E-state index contributed by atoms with van der Waals surface area (Å²) in [6.45, 7) is 1.07. The van der Waals surface area contributed by atoms with Crippen molar-refractivity contribution in [2.24, 2.45) is 0 Å². The molecule has 154 valence electrons. The lowest BCUT2D eigenvalue weighted by molar-refractivity contribution is 0.0866. The SMILES string of the molecule is COC(=O)N1CCCC(NC(=O)c2cc(-c3ccncc3)nc3ccc(Br)cc23)C1. The number of hydrogen-bond acceptors (Lipinski definition) is 5. The number of pyridine rings is 2. The highest BCUT2D eigenvalue weighted by Crippen LogP contribution is 2.27. The first-order valence-corrected chi connectivity index (χ1v) is 10.5. The molecule has 8 heteroatoms. The predicted molar refractivity (Wildman–Crippen MR) is 117 cm³/mol. The Balaban J connectivity index is 1.67. The summed E-state index contributed by atoms with van der Waals surface area (Å²) in [5.41, 5.74) is 2.87. The van der Waals surface area contributed by atoms with Crippen LogP contribution in [0.4, 0.5) is 4.79 Å². The van der Waals surface area contributed by atoms with Gasteiger partial charge < -0.3 is 15.0 Å². The molecule has 1 fully saturated rings. The zero-order valence-electron chi connectivity index (χ0n) is 16.5. The molecule has 4 rings (SSSR count). The Morgan fingerprint density at radius 1 is 1.20 bits per heavy atom. The molecule has 7 nitrogen and oxygen atoms in total. The number of carbonyl (C=O) groups is 2. The molecule has 0 radical (unpaired) electrons. The summed E-state index contributed by atoms with van der Waals surface area (Å²) in [6.07, 6.45) is 4.65. The number of hydrogen-bond donors (Lipinski definition) is 1. The number of aromatic nitrogens is 2. The normalized spacial score (nSPS) is 16.3. The third kappa shape index (κ3) is 4.28. The molecule has 0 aliphatic carbocycles. The highest BCUT2D eigenvalue weighted by Gasteiger charge is 2.26. The fourth-order valence-electron chi connectivity index (χ4n) is 3.71. The largest absolute Gasteiger partial charge is 0.453 e. The molecule has 30 heavy (non-hydrogen) atoms. The number of amides is 2. The van der Waals surface area contributed by atoms with Crippen molar-refractivity contribution in [3.63, 3.8) is 0 Å². The number of likely N-dealkylation sites (tertiary alicyclic amines) is 1. The highest BCUT2D eigenvalue weighted by atomic mass is 79.9. The fourth-order valence-corrected chi connectivity index (χ4v) is 4.07. The standard InChI is InChI=1S/C22H21BrN4O3/c1-30-22(29)27-10-2-3-16(13-27)25-21(28)18-12-20(14-6-8-24-9-7-14)26-19-5-4-15(23)11-17(18)19/h4-9,11-12,16H,2-3,10,13H2,1H3,(H,25,28). The zero-order chi connectivity index (χ0) is 21.1. The Hall–Kier alpha value is -3.00. The fraction of sp³-hybridized carbons (Fsp3) is 0.273. The van der Waals surface area contributed by atoms with Gasteiger partial charge in [0.2, 0.25) is 0 Å². The van der Waals surface area contributed by atoms with Crippen molar-refractivity contribution in [3.05, 3.63) is 58.8 Å². The number of rotatable bonds is 3. The molecule has 0 saturated carbocycles. The quantitative estimate of drug-likeness (QED) is 0.627. The number of piperidine rings is 1. The van der Waals surface area contributed by atoms with Crippen LogP contribution in [0.3, 0.4) is 0 Å². The van der Waals surface area contributed by atoms with E-state index in [1.54, 1.807) is 23.4 Å². The summed E-state index contributed by atoms with van der Waals surface area (Å²) in [6, 6.07) is 11.1. The number of nitrogens with zero attached hydrogens (tertiary/aromatic N) is 3. The minimum atomic E-state index is -0.368. The van der Waals surface area contributed by atoms with Crippen LogP contribution in [-0.4, -0.2) is 53.1 Å². The molecule has 3 aromatic rings. The van der Waals surface area contributed by atoms with Crippen LogP contribution in [0, 0.1) is 0 Å². The third-order valence-corrected chi connectivity index (χ3v) is 5.67. The van der Waals surface area contributed by atoms with E-state index in [4.69, 9.17) is 9.72 Å². The van der Waals surface area contributed by atoms with E-state index in [9.17, 15) is 9.59 Å². The molecule has 1 N–H and O–H groups in total. The lowest BCUT2D eigenvalue weighted by Crippen LogP contribution is -2.49. The van der Waals surface area contributed by atoms with Crippen molar-refractivity contribution >= 4 is 38.8 Å². The number of ether oxygens (including phenoxy) is 1. The van der Waals surface area contributed by atoms with E-state index in [1.807, 2.05) is 30.3 Å². The second-order valence-corrected chi connectivity index (χ2v) is 8.10. The molecule has 2 amide bonds. The van der Waals surface area contributed by atoms with Crippen molar-refractivity contribution in [1.82, 2.24) is 20.2 Å². The minimum Gasteiger partial charge on any atom is -0.453 e. The highest BCUT2D eigenvalue weighted by molar-refractivity contribution is 9.10. The number of carbonyl (C=O) groups excluding carboxylic acids is 2. The van der Waals surface area contributed by atoms with Gasteiger partial charge in [0.25, 0.3) is 5.91 Å². The Bertz CT molecular complexity index is 1090. The Morgan fingerprint density at radius 2 is 2.00 bits per heavy atom. The van der Waals surface area contributed by atoms with Gasteiger partial charge in [-0.2, -0.15) is 0 Å². The molecule has 1 atom stereocenters. The van der Waals surface area contributed by atoms with Crippen LogP contribution in [-0.2, 0) is 4.74 Å². The zero-order valence-corrected chi connectivity index (χ0v) is 18.1. The smallest absolute Gasteiger partial charge is 0.409 e. The number of halogens is 1. The van der Waals surface area contributed by atoms with Gasteiger partial charge in [0.1, 0.15) is 0 Å². The number of methoxy groups -OCH3 is 1. The molecule has 1 aromatic carbocycles. The van der Waals surface area contributed by atoms with Gasteiger partial charge >= 0.3 is 6.09 Å². The summed E-state index contributed by atoms with van der Waals surface area (Å²) >= 11 is 3.48. The first-order chi connectivity index (χ1) is 14.5. The van der Waals surface area contributed by atoms with Gasteiger partial charge in [-0.25, -0.2) is 9.78 Å². The van der Waals surface area contributed by atoms with Crippen molar-refractivity contribution in [2.45, 2.75) is 18.9 Å². The van der Waals surface area contributed by atoms with E-state index in [0.29, 0.717) is 24.3 Å². The molecule has 0 bridgehead atoms. The second kappa shape index (κ2) is 8.79. The molecule has 1 aliphatic rings. The molecule has 3 heterocycles. The summed E-state index contributed by atoms with van der Waals surface area (Å²) < 4.78 is 5.69. The first-order valence-electron chi connectivity index (χ1n) is 9.69. The minimum absolute atomic E-state index is 0.134. The van der Waals surface area contributed by atoms with Crippen molar-refractivity contribution in [3.8, 4) is 11.3 Å². The van der Waals surface area contributed by atoms with Crippen LogP contribution in [0.5, 0.6) is 0 Å². The molecular weight excluding hydrogens is 448 g/mol. The van der Waals surface area contributed by atoms with E-state index in [2.05, 4.69) is 26.2 Å². The lowest BCUT2D eigenvalue weighted by atomic mass is 10.0. The van der Waals surface area contributed by atoms with Crippen LogP contribution in [0.2, 0.25) is 0 Å². The topological polar surface area (TPSA) is 84.4 Å². The van der Waals surface area contributed by atoms with Crippen molar-refractivity contribution in [2.75, 3.05) is 20.2 Å². The van der Waals surface area contributed by atoms with Gasteiger partial charge in [-0.3, -0.25) is 9.78 Å². The molecule has 1 unspecified atom stereocenters. The van der Waals surface area contributed by atoms with Crippen LogP contribution in [0.25, 0.3) is 22.2 Å². The third-order valence-electron chi connectivity index (χ3n) is 5.18. The van der Waals surface area contributed by atoms with Gasteiger partial charge in [-0.1, -0.05) is 15.9 Å². The maximum Gasteiger partial charge on any atom is 0.409 e. The van der Waals surface area contributed by atoms with E-state index in [0.717, 1.165) is 33.8 Å². The maximum absolute atomic E-state index is 13.3. The maximum atomic E-state index is 13.3. The van der Waals surface area contributed by atoms with E-state index < -0.39 is 0 Å². The van der Waals surface area contributed by atoms with Crippen molar-refractivity contribution in [1.29, 1.82) is 0 Å². The number of benzene rings is 1. The second-order valence-electron chi connectivity index (χ2n) is 7.18. The summed E-state index contributed by atoms with van der Waals surface area (Å²) in [5, 5.41) is 3.85. The van der Waals surface area contributed by atoms with E-state index in [1.165, 1.54) is 7.11 Å². The molecule has 2 aromatic heterocycles. The molecular formula is C22H21BrN4O3. The molecule has 1 saturated heterocycles. The van der Waals surface area contributed by atoms with Gasteiger partial charge in [-0.05, 0) is 49.2 Å². The Kier molecular flexibility index (Phi) is 5.94. The Labute approximate surface area is 182 Å². The van der Waals surface area contributed by atoms with E-state index in [-0.39, 0.29) is 18.0 Å². The van der Waals surface area contributed by atoms with Crippen LogP contribution >= 0.6 is 15.9 Å². The van der Waals surface area contributed by atoms with E-state index >= 15 is 0 Å². The average Bonchev–Trinajstić information content (AvgIpc) is 2.78. The van der Waals surface area contributed by atoms with Crippen molar-refractivity contribution < 1.29 is 14.3 Å². The predicted octanol–water partition coefficient (Wildman–Crippen LogP) is 4.02. The van der Waals surface area contributed by atoms with Crippen LogP contribution in [0.15, 0.2) is 53.3 Å². The summed E-state index contributed by atoms with van der Waals surface area (Å²) in [5.74, 6) is -0.187. The Morgan fingerprint density at radius 3 is 2.77 bits per heavy atom. The van der Waals surface area contributed by atoms with Gasteiger partial charge in [-0.15, -0.1) is 0 Å². The summed E-state index contributed by atoms with van der Waals surface area (Å²) in [7, 11) is 1.37. The van der Waals surface area contributed by atoms with Crippen LogP contribution in [0.1, 0.15) is 23.2 Å². The molecule has 0 spiro atoms. The first kappa shape index (κ1) is 20.3. The number of fused-ring (bicyclic) bond motifs is 1. The number of nitrogens with one attached hydrogen (secondary N) is 1. The molecule has 1 aliphatic heterocycles. The summed E-state index contributed by atoms with van der Waals surface area (Å²) in [4.78, 5) is 35.5.